The molecule has 0 N–H and O–H groups in total. The third-order valence-electron chi connectivity index (χ3n) is 1.91. The van der Waals surface area contributed by atoms with Crippen LogP contribution >= 0.6 is 0 Å². The van der Waals surface area contributed by atoms with Crippen LogP contribution in [0, 0.1) is 0 Å². The number of carbonyl (C=O) groups is 1. The van der Waals surface area contributed by atoms with E-state index in [9.17, 15) is 4.79 Å². The fourth-order valence-electron chi connectivity index (χ4n) is 1.07. The number of carbonyl (C=O) groups excluding carboxylic acids is 1. The Morgan fingerprint density at radius 2 is 2.00 bits per heavy atom. The molecular weight excluding hydrogens is 192 g/mol. The van der Waals surface area contributed by atoms with Gasteiger partial charge in [0.15, 0.2) is 0 Å². The summed E-state index contributed by atoms with van der Waals surface area (Å²) in [6, 6.07) is 9.46. The molecule has 1 aromatic carbocycles. The number of rotatable bonds is 3. The van der Waals surface area contributed by atoms with Crippen molar-refractivity contribution >= 4 is 11.7 Å². The molecule has 0 spiro atoms. The van der Waals surface area contributed by atoms with Gasteiger partial charge in [-0.05, 0) is 6.92 Å². The first-order valence-corrected chi connectivity index (χ1v) is 4.53. The molecule has 0 aliphatic carbocycles. The molecule has 0 atom stereocenters. The van der Waals surface area contributed by atoms with Gasteiger partial charge in [-0.15, -0.1) is 0 Å². The lowest BCUT2D eigenvalue weighted by atomic mass is 10.2. The predicted molar refractivity (Wildman–Crippen MR) is 55.4 cm³/mol. The third kappa shape index (κ3) is 2.07. The van der Waals surface area contributed by atoms with Gasteiger partial charge in [0, 0.05) is 11.1 Å². The first-order valence-electron chi connectivity index (χ1n) is 4.53. The smallest absolute Gasteiger partial charge is 0.340 e. The monoisotopic (exact) mass is 202 g/mol. The Morgan fingerprint density at radius 3 is 2.60 bits per heavy atom. The predicted octanol–water partition coefficient (Wildman–Crippen LogP) is 2.46. The van der Waals surface area contributed by atoms with Crippen molar-refractivity contribution in [1.29, 1.82) is 0 Å². The van der Waals surface area contributed by atoms with Crippen LogP contribution in [0.2, 0.25) is 0 Å². The first kappa shape index (κ1) is 9.52. The zero-order chi connectivity index (χ0) is 10.8. The number of hydrogen-bond donors (Lipinski definition) is 0. The average Bonchev–Trinajstić information content (AvgIpc) is 2.98. The highest BCUT2D eigenvalue weighted by Gasteiger charge is 2.31. The second kappa shape index (κ2) is 3.61. The highest BCUT2D eigenvalue weighted by Crippen LogP contribution is 2.36. The van der Waals surface area contributed by atoms with E-state index in [1.165, 1.54) is 0 Å². The van der Waals surface area contributed by atoms with E-state index < -0.39 is 5.97 Å². The lowest BCUT2D eigenvalue weighted by Crippen LogP contribution is -2.00. The van der Waals surface area contributed by atoms with Gasteiger partial charge in [-0.1, -0.05) is 36.9 Å². The molecule has 0 bridgehead atoms. The standard InChI is InChI=1S/C12H10O3/c1-8(2)11(13)15-12-10(14-12)9-6-4-3-5-7-9/h3-7H,1H2,2H3. The topological polar surface area (TPSA) is 38.8 Å². The van der Waals surface area contributed by atoms with Crippen LogP contribution < -0.4 is 0 Å². The number of ether oxygens (including phenoxy) is 2. The van der Waals surface area contributed by atoms with Gasteiger partial charge in [-0.2, -0.15) is 0 Å². The molecule has 15 heavy (non-hydrogen) atoms. The summed E-state index contributed by atoms with van der Waals surface area (Å²) < 4.78 is 9.98. The zero-order valence-electron chi connectivity index (χ0n) is 8.32. The van der Waals surface area contributed by atoms with E-state index in [-0.39, 0.29) is 5.95 Å². The van der Waals surface area contributed by atoms with Crippen LogP contribution in [-0.2, 0) is 14.3 Å². The van der Waals surface area contributed by atoms with Crippen molar-refractivity contribution < 1.29 is 14.3 Å². The Bertz CT molecular complexity index is 443. The van der Waals surface area contributed by atoms with Crippen molar-refractivity contribution in [2.75, 3.05) is 0 Å². The fraction of sp³-hybridized carbons (Fsp3) is 0.0833. The van der Waals surface area contributed by atoms with Crippen LogP contribution in [0.4, 0.5) is 0 Å². The van der Waals surface area contributed by atoms with Crippen LogP contribution in [0.1, 0.15) is 12.5 Å². The molecule has 76 valence electrons. The van der Waals surface area contributed by atoms with Crippen molar-refractivity contribution in [2.24, 2.45) is 0 Å². The Morgan fingerprint density at radius 1 is 1.33 bits per heavy atom. The lowest BCUT2D eigenvalue weighted by Gasteiger charge is -1.92. The van der Waals surface area contributed by atoms with Crippen molar-refractivity contribution in [3.8, 4) is 0 Å². The minimum absolute atomic E-state index is 0.272. The maximum Gasteiger partial charge on any atom is 0.340 e. The molecule has 2 rings (SSSR count). The van der Waals surface area contributed by atoms with Gasteiger partial charge >= 0.3 is 11.9 Å². The van der Waals surface area contributed by atoms with Gasteiger partial charge in [-0.3, -0.25) is 0 Å². The second-order valence-electron chi connectivity index (χ2n) is 3.25. The minimum atomic E-state index is -0.462. The molecule has 0 aromatic heterocycles. The highest BCUT2D eigenvalue weighted by molar-refractivity contribution is 5.89. The van der Waals surface area contributed by atoms with Gasteiger partial charge in [0.05, 0.1) is 0 Å². The van der Waals surface area contributed by atoms with E-state index in [0.717, 1.165) is 5.56 Å². The van der Waals surface area contributed by atoms with Gasteiger partial charge < -0.3 is 9.47 Å². The molecule has 3 heteroatoms. The second-order valence-corrected chi connectivity index (χ2v) is 3.25. The van der Waals surface area contributed by atoms with E-state index in [4.69, 9.17) is 9.47 Å². The summed E-state index contributed by atoms with van der Waals surface area (Å²) in [5.41, 5.74) is 1.26. The Kier molecular flexibility index (Phi) is 2.29. The maximum absolute atomic E-state index is 11.1. The summed E-state index contributed by atoms with van der Waals surface area (Å²) >= 11 is 0. The lowest BCUT2D eigenvalue weighted by molar-refractivity contribution is -0.136. The van der Waals surface area contributed by atoms with Crippen molar-refractivity contribution in [3.05, 3.63) is 54.0 Å². The Balaban J connectivity index is 2.08. The van der Waals surface area contributed by atoms with E-state index >= 15 is 0 Å². The molecule has 1 aliphatic rings. The van der Waals surface area contributed by atoms with Crippen molar-refractivity contribution in [1.82, 2.24) is 0 Å². The Hall–Kier alpha value is -2.03. The first-order chi connectivity index (χ1) is 7.18. The zero-order valence-corrected chi connectivity index (χ0v) is 8.32. The quantitative estimate of drug-likeness (QED) is 0.558. The summed E-state index contributed by atoms with van der Waals surface area (Å²) in [7, 11) is 0. The molecule has 0 amide bonds. The normalized spacial score (nSPS) is 13.1. The summed E-state index contributed by atoms with van der Waals surface area (Å²) in [6.07, 6.45) is 0. The molecule has 1 aromatic rings. The number of hydrogen-bond acceptors (Lipinski definition) is 3. The molecule has 0 saturated carbocycles. The van der Waals surface area contributed by atoms with E-state index in [1.54, 1.807) is 6.92 Å². The Labute approximate surface area is 87.6 Å². The molecule has 0 radical (unpaired) electrons. The molecular formula is C12H10O3. The molecule has 0 saturated heterocycles. The highest BCUT2D eigenvalue weighted by atomic mass is 16.7. The minimum Gasteiger partial charge on any atom is -0.415 e. The fourth-order valence-corrected chi connectivity index (χ4v) is 1.07. The van der Waals surface area contributed by atoms with Crippen LogP contribution in [0.25, 0.3) is 5.76 Å². The molecule has 3 nitrogen and oxygen atoms in total. The van der Waals surface area contributed by atoms with E-state index in [1.807, 2.05) is 30.3 Å². The maximum atomic E-state index is 11.1. The van der Waals surface area contributed by atoms with E-state index in [0.29, 0.717) is 11.3 Å². The van der Waals surface area contributed by atoms with Crippen molar-refractivity contribution in [3.63, 3.8) is 0 Å². The third-order valence-corrected chi connectivity index (χ3v) is 1.91. The summed E-state index contributed by atoms with van der Waals surface area (Å²) in [5, 5.41) is 0. The van der Waals surface area contributed by atoms with E-state index in [2.05, 4.69) is 6.58 Å². The number of esters is 1. The average molecular weight is 202 g/mol. The molecule has 1 aliphatic heterocycles. The van der Waals surface area contributed by atoms with Crippen molar-refractivity contribution in [2.45, 2.75) is 6.92 Å². The molecule has 0 fully saturated rings. The largest absolute Gasteiger partial charge is 0.415 e. The van der Waals surface area contributed by atoms with Gasteiger partial charge in [0.1, 0.15) is 0 Å². The van der Waals surface area contributed by atoms with Gasteiger partial charge in [0.2, 0.25) is 5.76 Å². The van der Waals surface area contributed by atoms with Gasteiger partial charge in [0.25, 0.3) is 0 Å². The number of benzene rings is 1. The van der Waals surface area contributed by atoms with Crippen LogP contribution in [-0.4, -0.2) is 5.97 Å². The summed E-state index contributed by atoms with van der Waals surface area (Å²) in [5.74, 6) is 0.426. The summed E-state index contributed by atoms with van der Waals surface area (Å²) in [6.45, 7) is 5.07. The SMILES string of the molecule is C=C(C)C(=O)OC1=C(c2ccccc2)O1. The molecule has 1 heterocycles. The van der Waals surface area contributed by atoms with Crippen LogP contribution in [0.3, 0.4) is 0 Å². The van der Waals surface area contributed by atoms with Crippen LogP contribution in [0.5, 0.6) is 0 Å². The van der Waals surface area contributed by atoms with Crippen LogP contribution in [0.15, 0.2) is 48.4 Å². The molecule has 0 unspecified atom stereocenters. The van der Waals surface area contributed by atoms with Gasteiger partial charge in [-0.25, -0.2) is 4.79 Å². The summed E-state index contributed by atoms with van der Waals surface area (Å²) in [4.78, 5) is 11.1.